The number of rotatable bonds is 11. The molecule has 1 aliphatic heterocycles. The van der Waals surface area contributed by atoms with E-state index in [0.29, 0.717) is 31.3 Å². The molecule has 1 aliphatic rings. The Labute approximate surface area is 209 Å². The Bertz CT molecular complexity index is 1020. The molecule has 0 aliphatic carbocycles. The number of hydrogen-bond acceptors (Lipinski definition) is 6. The van der Waals surface area contributed by atoms with E-state index < -0.39 is 18.0 Å². The highest BCUT2D eigenvalue weighted by molar-refractivity contribution is 6.31. The van der Waals surface area contributed by atoms with Crippen molar-refractivity contribution in [2.45, 2.75) is 52.4 Å². The first-order valence-corrected chi connectivity index (χ1v) is 12.1. The predicted octanol–water partition coefficient (Wildman–Crippen LogP) is 3.80. The van der Waals surface area contributed by atoms with Gasteiger partial charge in [0.1, 0.15) is 24.3 Å². The van der Waals surface area contributed by atoms with Crippen molar-refractivity contribution in [1.29, 1.82) is 0 Å². The molecule has 1 aromatic carbocycles. The maximum Gasteiger partial charge on any atom is 0.223 e. The molecule has 2 atom stereocenters. The SMILES string of the molecule is CCCOCCOc1ccc(C2CC(=O)NC(c3c(Cl)ccc(CNC(=O)C(C)C)c3F)N2)nc1. The van der Waals surface area contributed by atoms with Crippen molar-refractivity contribution in [3.05, 3.63) is 58.1 Å². The second-order valence-corrected chi connectivity index (χ2v) is 9.02. The molecular formula is C25H32ClFN4O4. The maximum absolute atomic E-state index is 15.4. The summed E-state index contributed by atoms with van der Waals surface area (Å²) in [5.41, 5.74) is 1.02. The monoisotopic (exact) mass is 506 g/mol. The average molecular weight is 507 g/mol. The topological polar surface area (TPSA) is 102 Å². The normalized spacial score (nSPS) is 17.8. The molecule has 3 N–H and O–H groups in total. The van der Waals surface area contributed by atoms with Gasteiger partial charge in [0.05, 0.1) is 29.6 Å². The zero-order chi connectivity index (χ0) is 25.4. The van der Waals surface area contributed by atoms with Crippen LogP contribution in [0.2, 0.25) is 5.02 Å². The van der Waals surface area contributed by atoms with E-state index in [1.807, 2.05) is 6.92 Å². The van der Waals surface area contributed by atoms with Crippen molar-refractivity contribution in [3.63, 3.8) is 0 Å². The van der Waals surface area contributed by atoms with Crippen molar-refractivity contribution in [2.75, 3.05) is 19.8 Å². The number of halogens is 2. The van der Waals surface area contributed by atoms with E-state index in [9.17, 15) is 9.59 Å². The van der Waals surface area contributed by atoms with E-state index in [-0.39, 0.29) is 46.8 Å². The first-order chi connectivity index (χ1) is 16.8. The number of ether oxygens (including phenoxy) is 2. The Morgan fingerprint density at radius 1 is 1.26 bits per heavy atom. The lowest BCUT2D eigenvalue weighted by Crippen LogP contribution is -2.47. The summed E-state index contributed by atoms with van der Waals surface area (Å²) in [5.74, 6) is -0.651. The first kappa shape index (κ1) is 26.8. The Balaban J connectivity index is 1.70. The predicted molar refractivity (Wildman–Crippen MR) is 130 cm³/mol. The van der Waals surface area contributed by atoms with Crippen LogP contribution in [0.15, 0.2) is 30.5 Å². The molecule has 1 aromatic heterocycles. The molecule has 2 aromatic rings. The Kier molecular flexibility index (Phi) is 9.83. The summed E-state index contributed by atoms with van der Waals surface area (Å²) in [6.45, 7) is 7.18. The van der Waals surface area contributed by atoms with Gasteiger partial charge in [0, 0.05) is 36.6 Å². The molecule has 2 amide bonds. The van der Waals surface area contributed by atoms with Gasteiger partial charge in [0.2, 0.25) is 11.8 Å². The maximum atomic E-state index is 15.4. The third kappa shape index (κ3) is 7.37. The largest absolute Gasteiger partial charge is 0.490 e. The molecule has 0 saturated carbocycles. The van der Waals surface area contributed by atoms with Crippen molar-refractivity contribution in [1.82, 2.24) is 20.9 Å². The third-order valence-corrected chi connectivity index (χ3v) is 5.83. The van der Waals surface area contributed by atoms with E-state index in [2.05, 4.69) is 20.9 Å². The smallest absolute Gasteiger partial charge is 0.223 e. The lowest BCUT2D eigenvalue weighted by molar-refractivity contribution is -0.125. The van der Waals surface area contributed by atoms with E-state index in [0.717, 1.165) is 6.42 Å². The Morgan fingerprint density at radius 2 is 2.06 bits per heavy atom. The summed E-state index contributed by atoms with van der Waals surface area (Å²) in [6.07, 6.45) is 1.82. The van der Waals surface area contributed by atoms with Crippen LogP contribution in [0.25, 0.3) is 0 Å². The summed E-state index contributed by atoms with van der Waals surface area (Å²) >= 11 is 6.33. The molecule has 2 unspecified atom stereocenters. The number of carbonyl (C=O) groups is 2. The fraction of sp³-hybridized carbons (Fsp3) is 0.480. The van der Waals surface area contributed by atoms with E-state index in [4.69, 9.17) is 21.1 Å². The van der Waals surface area contributed by atoms with Crippen LogP contribution in [0.1, 0.15) is 62.6 Å². The highest BCUT2D eigenvalue weighted by Crippen LogP contribution is 2.32. The summed E-state index contributed by atoms with van der Waals surface area (Å²) in [6, 6.07) is 6.18. The molecule has 0 radical (unpaired) electrons. The van der Waals surface area contributed by atoms with Gasteiger partial charge in [-0.15, -0.1) is 0 Å². The molecule has 8 nitrogen and oxygen atoms in total. The highest BCUT2D eigenvalue weighted by atomic mass is 35.5. The Hall–Kier alpha value is -2.75. The zero-order valence-corrected chi connectivity index (χ0v) is 21.0. The fourth-order valence-electron chi connectivity index (χ4n) is 3.60. The molecule has 2 heterocycles. The van der Waals surface area contributed by atoms with Gasteiger partial charge in [-0.2, -0.15) is 0 Å². The standard InChI is InChI=1S/C25H32ClFN4O4/c1-4-9-34-10-11-35-17-6-8-19(28-14-17)20-12-21(32)31-24(30-20)22-18(26)7-5-16(23(22)27)13-29-25(33)15(2)3/h5-8,14-15,20,24,30H,4,9-13H2,1-3H3,(H,29,33)(H,31,32). The van der Waals surface area contributed by atoms with Crippen LogP contribution in [-0.4, -0.2) is 36.6 Å². The van der Waals surface area contributed by atoms with Crippen LogP contribution in [0, 0.1) is 11.7 Å². The van der Waals surface area contributed by atoms with E-state index in [1.54, 1.807) is 38.2 Å². The summed E-state index contributed by atoms with van der Waals surface area (Å²) < 4.78 is 26.4. The van der Waals surface area contributed by atoms with Gasteiger partial charge in [0.25, 0.3) is 0 Å². The van der Waals surface area contributed by atoms with E-state index >= 15 is 4.39 Å². The highest BCUT2D eigenvalue weighted by Gasteiger charge is 2.32. The van der Waals surface area contributed by atoms with Crippen molar-refractivity contribution in [3.8, 4) is 5.75 Å². The second-order valence-electron chi connectivity index (χ2n) is 8.61. The zero-order valence-electron chi connectivity index (χ0n) is 20.2. The first-order valence-electron chi connectivity index (χ1n) is 11.8. The molecule has 10 heteroatoms. The van der Waals surface area contributed by atoms with Crippen LogP contribution in [0.4, 0.5) is 4.39 Å². The second kappa shape index (κ2) is 12.8. The number of aromatic nitrogens is 1. The van der Waals surface area contributed by atoms with Crippen LogP contribution >= 0.6 is 11.6 Å². The van der Waals surface area contributed by atoms with Gasteiger partial charge >= 0.3 is 0 Å². The minimum absolute atomic E-state index is 0.0175. The van der Waals surface area contributed by atoms with Crippen molar-refractivity contribution in [2.24, 2.45) is 5.92 Å². The molecule has 35 heavy (non-hydrogen) atoms. The fourth-order valence-corrected chi connectivity index (χ4v) is 3.86. The number of nitrogens with one attached hydrogen (secondary N) is 3. The summed E-state index contributed by atoms with van der Waals surface area (Å²) in [5, 5.41) is 8.85. The quantitative estimate of drug-likeness (QED) is 0.401. The molecule has 0 spiro atoms. The molecule has 190 valence electrons. The third-order valence-electron chi connectivity index (χ3n) is 5.50. The average Bonchev–Trinajstić information content (AvgIpc) is 2.83. The number of pyridine rings is 1. The number of benzene rings is 1. The molecular weight excluding hydrogens is 475 g/mol. The number of carbonyl (C=O) groups excluding carboxylic acids is 2. The Morgan fingerprint density at radius 3 is 2.74 bits per heavy atom. The molecule has 0 bridgehead atoms. The molecule has 1 fully saturated rings. The van der Waals surface area contributed by atoms with Crippen molar-refractivity contribution < 1.29 is 23.5 Å². The van der Waals surface area contributed by atoms with Crippen LogP contribution in [0.3, 0.4) is 0 Å². The lowest BCUT2D eigenvalue weighted by atomic mass is 10.0. The number of nitrogens with zero attached hydrogens (tertiary/aromatic N) is 1. The van der Waals surface area contributed by atoms with Crippen LogP contribution < -0.4 is 20.7 Å². The van der Waals surface area contributed by atoms with Crippen LogP contribution in [0.5, 0.6) is 5.75 Å². The lowest BCUT2D eigenvalue weighted by Gasteiger charge is -2.32. The van der Waals surface area contributed by atoms with Gasteiger partial charge in [-0.1, -0.05) is 38.4 Å². The van der Waals surface area contributed by atoms with Gasteiger partial charge in [-0.25, -0.2) is 4.39 Å². The van der Waals surface area contributed by atoms with Gasteiger partial charge in [-0.05, 0) is 24.6 Å². The van der Waals surface area contributed by atoms with Gasteiger partial charge in [-0.3, -0.25) is 19.9 Å². The minimum atomic E-state index is -0.858. The van der Waals surface area contributed by atoms with E-state index in [1.165, 1.54) is 6.07 Å². The molecule has 1 saturated heterocycles. The number of amides is 2. The van der Waals surface area contributed by atoms with Gasteiger partial charge in [0.15, 0.2) is 0 Å². The molecule has 3 rings (SSSR count). The number of hydrogen-bond donors (Lipinski definition) is 3. The minimum Gasteiger partial charge on any atom is -0.490 e. The summed E-state index contributed by atoms with van der Waals surface area (Å²) in [4.78, 5) is 28.8. The van der Waals surface area contributed by atoms with Crippen molar-refractivity contribution >= 4 is 23.4 Å². The van der Waals surface area contributed by atoms with Gasteiger partial charge < -0.3 is 20.1 Å². The van der Waals surface area contributed by atoms with Crippen LogP contribution in [-0.2, 0) is 20.9 Å². The summed E-state index contributed by atoms with van der Waals surface area (Å²) in [7, 11) is 0.